The molecule has 0 aliphatic carbocycles. The molecule has 1 aliphatic heterocycles. The lowest BCUT2D eigenvalue weighted by Crippen LogP contribution is -2.38. The summed E-state index contributed by atoms with van der Waals surface area (Å²) in [5, 5.41) is 16.0. The number of likely N-dealkylation sites (tertiary alicyclic amines) is 1. The van der Waals surface area contributed by atoms with Gasteiger partial charge in [-0.15, -0.1) is 5.10 Å². The second-order valence-corrected chi connectivity index (χ2v) is 12.5. The van der Waals surface area contributed by atoms with Crippen LogP contribution < -0.4 is 10.1 Å². The number of rotatable bonds is 10. The van der Waals surface area contributed by atoms with Gasteiger partial charge in [0.25, 0.3) is 0 Å². The van der Waals surface area contributed by atoms with Crippen LogP contribution in [0.1, 0.15) is 39.2 Å². The summed E-state index contributed by atoms with van der Waals surface area (Å²) in [6.45, 7) is 9.23. The van der Waals surface area contributed by atoms with Crippen molar-refractivity contribution < 1.29 is 19.1 Å². The van der Waals surface area contributed by atoms with Gasteiger partial charge in [-0.3, -0.25) is 14.5 Å². The highest BCUT2D eigenvalue weighted by Crippen LogP contribution is 2.31. The van der Waals surface area contributed by atoms with Crippen LogP contribution in [0.3, 0.4) is 0 Å². The zero-order valence-electron chi connectivity index (χ0n) is 23.5. The van der Waals surface area contributed by atoms with E-state index < -0.39 is 0 Å². The van der Waals surface area contributed by atoms with E-state index >= 15 is 0 Å². The molecule has 0 atom stereocenters. The Bertz CT molecular complexity index is 1370. The van der Waals surface area contributed by atoms with Crippen LogP contribution in [0.5, 0.6) is 5.75 Å². The minimum atomic E-state index is -0.260. The number of benzene rings is 2. The number of carbonyl (C=O) groups is 2. The summed E-state index contributed by atoms with van der Waals surface area (Å²) in [7, 11) is 1.43. The highest BCUT2D eigenvalue weighted by Gasteiger charge is 2.25. The van der Waals surface area contributed by atoms with Crippen LogP contribution in [0.2, 0.25) is 10.0 Å². The molecule has 10 nitrogen and oxygen atoms in total. The van der Waals surface area contributed by atoms with E-state index in [4.69, 9.17) is 32.7 Å². The van der Waals surface area contributed by atoms with Crippen molar-refractivity contribution in [3.05, 3.63) is 52.0 Å². The average molecular weight is 622 g/mol. The molecule has 0 bridgehead atoms. The standard InChI is InChI=1S/C28H34Cl2N6O4S/c1-28(2,3)19-5-8-24(22(30)15-19)36-27(32-33-34-36)41-17-25(37)31-23-7-6-20(16-21(23)29)40-14-13-35-11-9-18(10-12-35)26(38)39-4/h5-8,15-16,18H,9-14,17H2,1-4H3,(H,31,37). The molecule has 1 N–H and O–H groups in total. The Kier molecular flexibility index (Phi) is 10.5. The number of tetrazole rings is 1. The molecule has 2 heterocycles. The van der Waals surface area contributed by atoms with Crippen molar-refractivity contribution in [1.29, 1.82) is 0 Å². The SMILES string of the molecule is COC(=O)C1CCN(CCOc2ccc(NC(=O)CSc3nnnn3-c3ccc(C(C)(C)C)cc3Cl)c(Cl)c2)CC1. The van der Waals surface area contributed by atoms with Gasteiger partial charge in [-0.25, -0.2) is 0 Å². The van der Waals surface area contributed by atoms with Crippen LogP contribution in [0.4, 0.5) is 5.69 Å². The minimum absolute atomic E-state index is 0.0171. The fourth-order valence-electron chi connectivity index (χ4n) is 4.42. The summed E-state index contributed by atoms with van der Waals surface area (Å²) in [5.74, 6) is 0.272. The highest BCUT2D eigenvalue weighted by molar-refractivity contribution is 7.99. The molecule has 1 aromatic heterocycles. The van der Waals surface area contributed by atoms with Crippen molar-refractivity contribution in [3.8, 4) is 11.4 Å². The van der Waals surface area contributed by atoms with Gasteiger partial charge in [0.2, 0.25) is 11.1 Å². The van der Waals surface area contributed by atoms with E-state index in [1.807, 2.05) is 18.2 Å². The molecule has 41 heavy (non-hydrogen) atoms. The number of piperidine rings is 1. The Hall–Kier alpha value is -2.86. The van der Waals surface area contributed by atoms with Crippen LogP contribution in [-0.4, -0.2) is 76.1 Å². The first kappa shape index (κ1) is 31.1. The topological polar surface area (TPSA) is 111 Å². The Balaban J connectivity index is 1.25. The summed E-state index contributed by atoms with van der Waals surface area (Å²) in [6, 6.07) is 10.9. The summed E-state index contributed by atoms with van der Waals surface area (Å²) in [5.41, 5.74) is 2.17. The Morgan fingerprint density at radius 1 is 1.10 bits per heavy atom. The van der Waals surface area contributed by atoms with E-state index in [-0.39, 0.29) is 29.0 Å². The monoisotopic (exact) mass is 620 g/mol. The van der Waals surface area contributed by atoms with Crippen molar-refractivity contribution in [2.45, 2.75) is 44.2 Å². The first-order valence-corrected chi connectivity index (χ1v) is 15.0. The number of nitrogens with one attached hydrogen (secondary N) is 1. The first-order valence-electron chi connectivity index (χ1n) is 13.3. The number of hydrogen-bond acceptors (Lipinski definition) is 9. The lowest BCUT2D eigenvalue weighted by atomic mass is 9.87. The van der Waals surface area contributed by atoms with Gasteiger partial charge in [-0.05, 0) is 71.6 Å². The number of ether oxygens (including phenoxy) is 2. The largest absolute Gasteiger partial charge is 0.492 e. The number of carbonyl (C=O) groups excluding carboxylic acids is 2. The lowest BCUT2D eigenvalue weighted by molar-refractivity contribution is -0.147. The average Bonchev–Trinajstić information content (AvgIpc) is 3.41. The summed E-state index contributed by atoms with van der Waals surface area (Å²) < 4.78 is 12.2. The van der Waals surface area contributed by atoms with Crippen LogP contribution in [-0.2, 0) is 19.7 Å². The molecule has 1 fully saturated rings. The van der Waals surface area contributed by atoms with E-state index in [1.165, 1.54) is 23.6 Å². The number of thioether (sulfide) groups is 1. The van der Waals surface area contributed by atoms with Gasteiger partial charge in [0.1, 0.15) is 12.4 Å². The summed E-state index contributed by atoms with van der Waals surface area (Å²) in [6.07, 6.45) is 1.58. The van der Waals surface area contributed by atoms with Gasteiger partial charge < -0.3 is 14.8 Å². The number of anilines is 1. The normalized spacial score (nSPS) is 14.6. The van der Waals surface area contributed by atoms with E-state index in [2.05, 4.69) is 46.5 Å². The molecular weight excluding hydrogens is 587 g/mol. The second-order valence-electron chi connectivity index (χ2n) is 10.8. The molecule has 2 aromatic carbocycles. The Labute approximate surface area is 254 Å². The predicted molar refractivity (Wildman–Crippen MR) is 160 cm³/mol. The third-order valence-corrected chi connectivity index (χ3v) is 8.36. The maximum atomic E-state index is 12.7. The quantitative estimate of drug-likeness (QED) is 0.239. The van der Waals surface area contributed by atoms with E-state index in [9.17, 15) is 9.59 Å². The van der Waals surface area contributed by atoms with Crippen molar-refractivity contribution in [2.24, 2.45) is 5.92 Å². The fourth-order valence-corrected chi connectivity index (χ4v) is 5.58. The van der Waals surface area contributed by atoms with Crippen molar-refractivity contribution in [2.75, 3.05) is 44.4 Å². The van der Waals surface area contributed by atoms with Crippen molar-refractivity contribution >= 4 is 52.5 Å². The highest BCUT2D eigenvalue weighted by atomic mass is 35.5. The van der Waals surface area contributed by atoms with Crippen LogP contribution in [0, 0.1) is 5.92 Å². The van der Waals surface area contributed by atoms with E-state index in [0.29, 0.717) is 38.9 Å². The lowest BCUT2D eigenvalue weighted by Gasteiger charge is -2.30. The molecule has 1 amide bonds. The maximum Gasteiger partial charge on any atom is 0.308 e. The molecule has 0 spiro atoms. The molecular formula is C28H34Cl2N6O4S. The molecule has 13 heteroatoms. The molecule has 220 valence electrons. The van der Waals surface area contributed by atoms with E-state index in [1.54, 1.807) is 18.2 Å². The molecule has 4 rings (SSSR count). The van der Waals surface area contributed by atoms with Gasteiger partial charge in [0, 0.05) is 12.6 Å². The van der Waals surface area contributed by atoms with Crippen molar-refractivity contribution in [3.63, 3.8) is 0 Å². The number of aromatic nitrogens is 4. The molecule has 1 aliphatic rings. The fraction of sp³-hybridized carbons (Fsp3) is 0.464. The maximum absolute atomic E-state index is 12.7. The Morgan fingerprint density at radius 2 is 1.85 bits per heavy atom. The second kappa shape index (κ2) is 13.9. The zero-order valence-corrected chi connectivity index (χ0v) is 25.9. The number of halogens is 2. The third kappa shape index (κ3) is 8.34. The van der Waals surface area contributed by atoms with Gasteiger partial charge in [0.15, 0.2) is 0 Å². The van der Waals surface area contributed by atoms with Crippen molar-refractivity contribution in [1.82, 2.24) is 25.1 Å². The molecule has 0 saturated carbocycles. The number of methoxy groups -OCH3 is 1. The Morgan fingerprint density at radius 3 is 2.51 bits per heavy atom. The number of amides is 1. The molecule has 3 aromatic rings. The molecule has 0 unspecified atom stereocenters. The number of esters is 1. The minimum Gasteiger partial charge on any atom is -0.492 e. The van der Waals surface area contributed by atoms with Gasteiger partial charge >= 0.3 is 5.97 Å². The summed E-state index contributed by atoms with van der Waals surface area (Å²) >= 11 is 14.2. The number of nitrogens with zero attached hydrogens (tertiary/aromatic N) is 5. The summed E-state index contributed by atoms with van der Waals surface area (Å²) in [4.78, 5) is 26.6. The van der Waals surface area contributed by atoms with Crippen LogP contribution in [0.25, 0.3) is 5.69 Å². The van der Waals surface area contributed by atoms with E-state index in [0.717, 1.165) is 38.0 Å². The first-order chi connectivity index (χ1) is 19.5. The van der Waals surface area contributed by atoms with Crippen LogP contribution >= 0.6 is 35.0 Å². The third-order valence-electron chi connectivity index (χ3n) is 6.83. The van der Waals surface area contributed by atoms with Crippen LogP contribution in [0.15, 0.2) is 41.6 Å². The zero-order chi connectivity index (χ0) is 29.6. The molecule has 1 saturated heterocycles. The predicted octanol–water partition coefficient (Wildman–Crippen LogP) is 5.26. The van der Waals surface area contributed by atoms with Gasteiger partial charge in [-0.1, -0.05) is 61.8 Å². The number of hydrogen-bond donors (Lipinski definition) is 1. The molecule has 0 radical (unpaired) electrons. The van der Waals surface area contributed by atoms with Gasteiger partial charge in [0.05, 0.1) is 40.2 Å². The smallest absolute Gasteiger partial charge is 0.308 e. The van der Waals surface area contributed by atoms with Gasteiger partial charge in [-0.2, -0.15) is 4.68 Å².